The molecule has 0 spiro atoms. The topological polar surface area (TPSA) is 68.3 Å². The van der Waals surface area contributed by atoms with Crippen LogP contribution in [0.15, 0.2) is 18.2 Å². The van der Waals surface area contributed by atoms with Crippen LogP contribution in [0.4, 0.5) is 18.0 Å². The van der Waals surface area contributed by atoms with Crippen molar-refractivity contribution in [3.63, 3.8) is 0 Å². The van der Waals surface area contributed by atoms with Gasteiger partial charge in [0.15, 0.2) is 0 Å². The first kappa shape index (κ1) is 25.8. The zero-order chi connectivity index (χ0) is 24.1. The zero-order valence-electron chi connectivity index (χ0n) is 19.1. The largest absolute Gasteiger partial charge is 0.573 e. The molecule has 1 aromatic rings. The summed E-state index contributed by atoms with van der Waals surface area (Å²) in [5.41, 5.74) is -0.350. The van der Waals surface area contributed by atoms with Gasteiger partial charge in [-0.3, -0.25) is 4.90 Å². The molecular weight excluding hydrogens is 429 g/mol. The minimum Gasteiger partial charge on any atom is -0.462 e. The second-order valence-electron chi connectivity index (χ2n) is 8.71. The van der Waals surface area contributed by atoms with Gasteiger partial charge < -0.3 is 19.1 Å². The molecule has 1 aliphatic rings. The number of alkyl halides is 3. The molecule has 7 nitrogen and oxygen atoms in total. The summed E-state index contributed by atoms with van der Waals surface area (Å²) in [5, 5.41) is 0. The summed E-state index contributed by atoms with van der Waals surface area (Å²) < 4.78 is 53.4. The van der Waals surface area contributed by atoms with Crippen LogP contribution in [0.3, 0.4) is 0 Å². The molecule has 1 heterocycles. The number of carbonyl (C=O) groups excluding carboxylic acids is 2. The summed E-state index contributed by atoms with van der Waals surface area (Å²) in [5.74, 6) is -1.16. The van der Waals surface area contributed by atoms with E-state index < -0.39 is 29.8 Å². The van der Waals surface area contributed by atoms with Crippen LogP contribution in [0.2, 0.25) is 0 Å². The summed E-state index contributed by atoms with van der Waals surface area (Å²) in [7, 11) is 1.66. The number of halogens is 3. The molecule has 180 valence electrons. The van der Waals surface area contributed by atoms with E-state index in [2.05, 4.69) is 4.74 Å². The first-order valence-electron chi connectivity index (χ1n) is 10.5. The van der Waals surface area contributed by atoms with Crippen LogP contribution in [0.5, 0.6) is 5.75 Å². The fourth-order valence-corrected chi connectivity index (χ4v) is 3.46. The van der Waals surface area contributed by atoms with E-state index in [1.807, 2.05) is 4.90 Å². The minimum absolute atomic E-state index is 0.0176. The van der Waals surface area contributed by atoms with Crippen molar-refractivity contribution < 1.29 is 37.0 Å². The average molecular weight is 460 g/mol. The maximum atomic E-state index is 13.0. The number of esters is 1. The Morgan fingerprint density at radius 3 is 2.50 bits per heavy atom. The smallest absolute Gasteiger partial charge is 0.462 e. The maximum Gasteiger partial charge on any atom is 0.573 e. The van der Waals surface area contributed by atoms with Gasteiger partial charge in [0, 0.05) is 31.7 Å². The van der Waals surface area contributed by atoms with Gasteiger partial charge in [0.2, 0.25) is 0 Å². The first-order chi connectivity index (χ1) is 14.8. The molecule has 0 aromatic heterocycles. The summed E-state index contributed by atoms with van der Waals surface area (Å²) >= 11 is 0. The molecule has 32 heavy (non-hydrogen) atoms. The van der Waals surface area contributed by atoms with Crippen molar-refractivity contribution in [2.75, 3.05) is 26.7 Å². The Morgan fingerprint density at radius 2 is 1.91 bits per heavy atom. The first-order valence-corrected chi connectivity index (χ1v) is 10.5. The third kappa shape index (κ3) is 7.89. The predicted molar refractivity (Wildman–Crippen MR) is 111 cm³/mol. The third-order valence-corrected chi connectivity index (χ3v) is 4.91. The highest BCUT2D eigenvalue weighted by Crippen LogP contribution is 2.30. The van der Waals surface area contributed by atoms with Crippen LogP contribution in [0.1, 0.15) is 56.5 Å². The van der Waals surface area contributed by atoms with Gasteiger partial charge in [-0.15, -0.1) is 13.2 Å². The number of likely N-dealkylation sites (tertiary alicyclic amines) is 1. The van der Waals surface area contributed by atoms with Crippen LogP contribution < -0.4 is 4.74 Å². The van der Waals surface area contributed by atoms with E-state index in [0.29, 0.717) is 13.1 Å². The van der Waals surface area contributed by atoms with Crippen LogP contribution in [0.25, 0.3) is 0 Å². The number of benzene rings is 1. The molecule has 1 saturated heterocycles. The van der Waals surface area contributed by atoms with Crippen molar-refractivity contribution >= 4 is 12.1 Å². The van der Waals surface area contributed by atoms with Gasteiger partial charge in [-0.25, -0.2) is 9.59 Å². The van der Waals surface area contributed by atoms with Gasteiger partial charge in [-0.1, -0.05) is 6.07 Å². The number of hydrogen-bond acceptors (Lipinski definition) is 6. The van der Waals surface area contributed by atoms with Gasteiger partial charge in [0.05, 0.1) is 12.2 Å². The minimum atomic E-state index is -4.90. The molecule has 0 N–H and O–H groups in total. The lowest BCUT2D eigenvalue weighted by atomic mass is 10.0. The van der Waals surface area contributed by atoms with Crippen LogP contribution in [0, 0.1) is 0 Å². The lowest BCUT2D eigenvalue weighted by Gasteiger charge is -2.38. The Labute approximate surface area is 186 Å². The van der Waals surface area contributed by atoms with E-state index in [9.17, 15) is 22.8 Å². The monoisotopic (exact) mass is 460 g/mol. The highest BCUT2D eigenvalue weighted by Gasteiger charge is 2.34. The highest BCUT2D eigenvalue weighted by molar-refractivity contribution is 5.90. The number of carbonyl (C=O) groups is 2. The van der Waals surface area contributed by atoms with Crippen LogP contribution in [-0.4, -0.2) is 66.6 Å². The fourth-order valence-electron chi connectivity index (χ4n) is 3.46. The molecule has 2 rings (SSSR count). The molecule has 0 saturated carbocycles. The number of rotatable bonds is 6. The molecule has 10 heteroatoms. The lowest BCUT2D eigenvalue weighted by Crippen LogP contribution is -2.49. The van der Waals surface area contributed by atoms with Gasteiger partial charge in [0.25, 0.3) is 0 Å². The van der Waals surface area contributed by atoms with Crippen molar-refractivity contribution in [3.05, 3.63) is 29.3 Å². The molecule has 1 aromatic carbocycles. The number of nitrogens with zero attached hydrogens (tertiary/aromatic N) is 2. The van der Waals surface area contributed by atoms with Crippen molar-refractivity contribution in [1.82, 2.24) is 9.80 Å². The van der Waals surface area contributed by atoms with E-state index in [0.717, 1.165) is 18.9 Å². The van der Waals surface area contributed by atoms with Crippen molar-refractivity contribution in [2.45, 2.75) is 65.1 Å². The molecule has 0 aliphatic carbocycles. The van der Waals surface area contributed by atoms with Crippen molar-refractivity contribution in [1.29, 1.82) is 0 Å². The normalized spacial score (nSPS) is 17.6. The summed E-state index contributed by atoms with van der Waals surface area (Å²) in [6, 6.07) is 3.78. The van der Waals surface area contributed by atoms with E-state index in [4.69, 9.17) is 9.47 Å². The lowest BCUT2D eigenvalue weighted by molar-refractivity contribution is -0.275. The van der Waals surface area contributed by atoms with Gasteiger partial charge >= 0.3 is 18.4 Å². The average Bonchev–Trinajstić information content (AvgIpc) is 2.66. The van der Waals surface area contributed by atoms with E-state index in [1.165, 1.54) is 17.0 Å². The second-order valence-corrected chi connectivity index (χ2v) is 8.71. The Hall–Kier alpha value is -2.49. The molecule has 1 unspecified atom stereocenters. The summed E-state index contributed by atoms with van der Waals surface area (Å²) in [6.07, 6.45) is -3.80. The standard InChI is InChI=1S/C22H31F3N2O5/c1-6-30-19(28)15-9-10-16(18(12-15)31-22(23,24)25)13-27-11-7-8-17(14-27)26(5)20(29)32-21(2,3)4/h9-10,12,17H,6-8,11,13-14H2,1-5H3. The maximum absolute atomic E-state index is 13.0. The Bertz CT molecular complexity index is 808. The zero-order valence-corrected chi connectivity index (χ0v) is 19.1. The number of ether oxygens (including phenoxy) is 3. The van der Waals surface area contributed by atoms with Crippen molar-refractivity contribution in [3.8, 4) is 5.75 Å². The molecule has 0 bridgehead atoms. The van der Waals surface area contributed by atoms with Crippen molar-refractivity contribution in [2.24, 2.45) is 0 Å². The molecular formula is C22H31F3N2O5. The molecule has 1 aliphatic heterocycles. The Kier molecular flexibility index (Phi) is 8.39. The third-order valence-electron chi connectivity index (χ3n) is 4.91. The molecule has 0 radical (unpaired) electrons. The quantitative estimate of drug-likeness (QED) is 0.579. The number of likely N-dealkylation sites (N-methyl/N-ethyl adjacent to an activating group) is 1. The molecule has 1 amide bonds. The summed E-state index contributed by atoms with van der Waals surface area (Å²) in [4.78, 5) is 27.8. The van der Waals surface area contributed by atoms with E-state index in [-0.39, 0.29) is 30.3 Å². The van der Waals surface area contributed by atoms with E-state index in [1.54, 1.807) is 34.7 Å². The van der Waals surface area contributed by atoms with Gasteiger partial charge in [-0.2, -0.15) is 0 Å². The number of piperidine rings is 1. The summed E-state index contributed by atoms with van der Waals surface area (Å²) in [6.45, 7) is 8.38. The second kappa shape index (κ2) is 10.4. The van der Waals surface area contributed by atoms with Gasteiger partial charge in [-0.05, 0) is 59.2 Å². The molecule has 1 atom stereocenters. The number of hydrogen-bond donors (Lipinski definition) is 0. The van der Waals surface area contributed by atoms with Crippen LogP contribution in [-0.2, 0) is 16.0 Å². The predicted octanol–water partition coefficient (Wildman–Crippen LogP) is 4.59. The fraction of sp³-hybridized carbons (Fsp3) is 0.636. The van der Waals surface area contributed by atoms with Crippen LogP contribution >= 0.6 is 0 Å². The SMILES string of the molecule is CCOC(=O)c1ccc(CN2CCCC(N(C)C(=O)OC(C)(C)C)C2)c(OC(F)(F)F)c1. The number of amides is 1. The van der Waals surface area contributed by atoms with E-state index >= 15 is 0 Å². The highest BCUT2D eigenvalue weighted by atomic mass is 19.4. The van der Waals surface area contributed by atoms with Gasteiger partial charge in [0.1, 0.15) is 11.4 Å². The Morgan fingerprint density at radius 1 is 1.22 bits per heavy atom. The molecule has 1 fully saturated rings. The Balaban J connectivity index is 2.16.